The van der Waals surface area contributed by atoms with E-state index in [9.17, 15) is 14.4 Å². The highest BCUT2D eigenvalue weighted by Crippen LogP contribution is 2.30. The molecule has 0 spiro atoms. The zero-order valence-corrected chi connectivity index (χ0v) is 8.97. The zero-order chi connectivity index (χ0) is 11.9. The Morgan fingerprint density at radius 2 is 1.94 bits per heavy atom. The number of nitrogens with zero attached hydrogens (tertiary/aromatic N) is 1. The van der Waals surface area contributed by atoms with Gasteiger partial charge in [-0.1, -0.05) is 6.92 Å². The van der Waals surface area contributed by atoms with Crippen molar-refractivity contribution < 1.29 is 19.5 Å². The van der Waals surface area contributed by atoms with Gasteiger partial charge in [-0.05, 0) is 6.42 Å². The van der Waals surface area contributed by atoms with Gasteiger partial charge in [0.15, 0.2) is 0 Å². The Morgan fingerprint density at radius 1 is 1.44 bits per heavy atom. The van der Waals surface area contributed by atoms with Crippen LogP contribution in [0.25, 0.3) is 0 Å². The Kier molecular flexibility index (Phi) is 2.67. The first-order chi connectivity index (χ1) is 7.54. The molecule has 0 bridgehead atoms. The molecule has 2 saturated heterocycles. The van der Waals surface area contributed by atoms with Gasteiger partial charge in [-0.25, -0.2) is 0 Å². The molecule has 0 unspecified atom stereocenters. The summed E-state index contributed by atoms with van der Waals surface area (Å²) in [4.78, 5) is 35.5. The van der Waals surface area contributed by atoms with Crippen molar-refractivity contribution in [3.05, 3.63) is 0 Å². The van der Waals surface area contributed by atoms with E-state index in [4.69, 9.17) is 5.11 Å². The number of carboxylic acids is 1. The number of hydrogen-bond donors (Lipinski definition) is 2. The van der Waals surface area contributed by atoms with E-state index in [1.165, 1.54) is 0 Å². The third-order valence-corrected chi connectivity index (χ3v) is 3.38. The molecule has 88 valence electrons. The number of amides is 2. The van der Waals surface area contributed by atoms with Crippen LogP contribution in [0.1, 0.15) is 13.3 Å². The first-order valence-electron chi connectivity index (χ1n) is 5.36. The molecule has 2 aliphatic heterocycles. The molecule has 2 N–H and O–H groups in total. The van der Waals surface area contributed by atoms with Gasteiger partial charge in [0.25, 0.3) is 0 Å². The van der Waals surface area contributed by atoms with Crippen LogP contribution < -0.4 is 5.32 Å². The molecule has 3 atom stereocenters. The molecule has 0 aromatic rings. The summed E-state index contributed by atoms with van der Waals surface area (Å²) >= 11 is 0. The standard InChI is InChI=1S/C10H14N2O4/c1-2-7(10(15)16)12-3-5-6(4-12)9(14)11-8(5)13/h5-7H,2-4H2,1H3,(H,15,16)(H,11,13,14)/t5-,6+,7-/m1/s1. The molecule has 0 aromatic carbocycles. The van der Waals surface area contributed by atoms with Crippen molar-refractivity contribution in [3.63, 3.8) is 0 Å². The quantitative estimate of drug-likeness (QED) is 0.606. The lowest BCUT2D eigenvalue weighted by Gasteiger charge is -2.23. The molecule has 0 aromatic heterocycles. The number of nitrogens with one attached hydrogen (secondary N) is 1. The molecule has 0 aliphatic carbocycles. The van der Waals surface area contributed by atoms with E-state index in [-0.39, 0.29) is 23.7 Å². The molecule has 2 aliphatic rings. The molecule has 2 rings (SSSR count). The number of carboxylic acid groups (broad SMARTS) is 1. The summed E-state index contributed by atoms with van der Waals surface area (Å²) in [7, 11) is 0. The van der Waals surface area contributed by atoms with E-state index in [2.05, 4.69) is 5.32 Å². The van der Waals surface area contributed by atoms with Crippen LogP contribution in [-0.4, -0.2) is 46.9 Å². The van der Waals surface area contributed by atoms with Gasteiger partial charge < -0.3 is 5.11 Å². The van der Waals surface area contributed by atoms with E-state index in [0.717, 1.165) is 0 Å². The maximum atomic E-state index is 11.4. The van der Waals surface area contributed by atoms with Crippen molar-refractivity contribution in [2.24, 2.45) is 11.8 Å². The highest BCUT2D eigenvalue weighted by Gasteiger charge is 2.49. The Morgan fingerprint density at radius 3 is 2.31 bits per heavy atom. The second-order valence-corrected chi connectivity index (χ2v) is 4.28. The highest BCUT2D eigenvalue weighted by molar-refractivity contribution is 6.05. The topological polar surface area (TPSA) is 86.7 Å². The van der Waals surface area contributed by atoms with Gasteiger partial charge in [0.1, 0.15) is 6.04 Å². The second-order valence-electron chi connectivity index (χ2n) is 4.28. The number of rotatable bonds is 3. The smallest absolute Gasteiger partial charge is 0.320 e. The fourth-order valence-electron chi connectivity index (χ4n) is 2.52. The van der Waals surface area contributed by atoms with Crippen molar-refractivity contribution in [2.75, 3.05) is 13.1 Å². The molecule has 16 heavy (non-hydrogen) atoms. The molecular formula is C10H14N2O4. The van der Waals surface area contributed by atoms with E-state index in [0.29, 0.717) is 19.5 Å². The number of carbonyl (C=O) groups excluding carboxylic acids is 2. The van der Waals surface area contributed by atoms with Gasteiger partial charge in [0.2, 0.25) is 11.8 Å². The van der Waals surface area contributed by atoms with Crippen LogP contribution in [0, 0.1) is 11.8 Å². The van der Waals surface area contributed by atoms with E-state index in [1.807, 2.05) is 0 Å². The summed E-state index contributed by atoms with van der Waals surface area (Å²) in [6.45, 7) is 2.52. The third kappa shape index (κ3) is 1.59. The number of imide groups is 1. The zero-order valence-electron chi connectivity index (χ0n) is 8.97. The fourth-order valence-corrected chi connectivity index (χ4v) is 2.52. The normalized spacial score (nSPS) is 31.3. The third-order valence-electron chi connectivity index (χ3n) is 3.38. The summed E-state index contributed by atoms with van der Waals surface area (Å²) in [6.07, 6.45) is 0.477. The van der Waals surface area contributed by atoms with E-state index >= 15 is 0 Å². The average Bonchev–Trinajstić information content (AvgIpc) is 2.71. The Balaban J connectivity index is 2.11. The Hall–Kier alpha value is -1.43. The van der Waals surface area contributed by atoms with Crippen molar-refractivity contribution >= 4 is 17.8 Å². The van der Waals surface area contributed by atoms with Crippen LogP contribution >= 0.6 is 0 Å². The maximum absolute atomic E-state index is 11.4. The summed E-state index contributed by atoms with van der Waals surface area (Å²) < 4.78 is 0. The lowest BCUT2D eigenvalue weighted by atomic mass is 10.00. The molecule has 0 radical (unpaired) electrons. The van der Waals surface area contributed by atoms with E-state index in [1.54, 1.807) is 11.8 Å². The molecule has 0 saturated carbocycles. The molecule has 2 fully saturated rings. The first kappa shape index (κ1) is 11.1. The van der Waals surface area contributed by atoms with Crippen molar-refractivity contribution in [3.8, 4) is 0 Å². The Labute approximate surface area is 92.6 Å². The van der Waals surface area contributed by atoms with Gasteiger partial charge in [-0.3, -0.25) is 24.6 Å². The summed E-state index contributed by atoms with van der Waals surface area (Å²) in [6, 6.07) is -0.591. The summed E-state index contributed by atoms with van der Waals surface area (Å²) in [5.74, 6) is -2.15. The van der Waals surface area contributed by atoms with Gasteiger partial charge in [-0.15, -0.1) is 0 Å². The maximum Gasteiger partial charge on any atom is 0.320 e. The number of likely N-dealkylation sites (tertiary alicyclic amines) is 1. The monoisotopic (exact) mass is 226 g/mol. The van der Waals surface area contributed by atoms with Crippen LogP contribution in [0.2, 0.25) is 0 Å². The average molecular weight is 226 g/mol. The van der Waals surface area contributed by atoms with Crippen LogP contribution in [0.3, 0.4) is 0 Å². The minimum atomic E-state index is -0.893. The molecule has 2 amide bonds. The summed E-state index contributed by atoms with van der Waals surface area (Å²) in [5.41, 5.74) is 0. The van der Waals surface area contributed by atoms with Gasteiger partial charge in [-0.2, -0.15) is 0 Å². The SMILES string of the molecule is CC[C@H](C(=O)O)N1C[C@@H]2C(=O)NC(=O)[C@@H]2C1. The second kappa shape index (κ2) is 3.86. The number of hydrogen-bond acceptors (Lipinski definition) is 4. The summed E-state index contributed by atoms with van der Waals surface area (Å²) in [5, 5.41) is 11.3. The van der Waals surface area contributed by atoms with Crippen LogP contribution in [0.4, 0.5) is 0 Å². The van der Waals surface area contributed by atoms with Crippen molar-refractivity contribution in [1.29, 1.82) is 0 Å². The van der Waals surface area contributed by atoms with E-state index < -0.39 is 12.0 Å². The highest BCUT2D eigenvalue weighted by atomic mass is 16.4. The largest absolute Gasteiger partial charge is 0.480 e. The van der Waals surface area contributed by atoms with Gasteiger partial charge in [0, 0.05) is 13.1 Å². The number of fused-ring (bicyclic) bond motifs is 1. The first-order valence-corrected chi connectivity index (χ1v) is 5.36. The Bertz CT molecular complexity index is 333. The van der Waals surface area contributed by atoms with Crippen molar-refractivity contribution in [1.82, 2.24) is 10.2 Å². The van der Waals surface area contributed by atoms with Crippen LogP contribution in [0.5, 0.6) is 0 Å². The lowest BCUT2D eigenvalue weighted by molar-refractivity contribution is -0.143. The minimum Gasteiger partial charge on any atom is -0.480 e. The minimum absolute atomic E-state index is 0.266. The predicted molar refractivity (Wildman–Crippen MR) is 53.4 cm³/mol. The van der Waals surface area contributed by atoms with Gasteiger partial charge >= 0.3 is 5.97 Å². The predicted octanol–water partition coefficient (Wildman–Crippen LogP) is -0.946. The molecule has 6 heteroatoms. The lowest BCUT2D eigenvalue weighted by Crippen LogP contribution is -2.42. The van der Waals surface area contributed by atoms with Crippen molar-refractivity contribution in [2.45, 2.75) is 19.4 Å². The molecule has 6 nitrogen and oxygen atoms in total. The molecule has 2 heterocycles. The number of aliphatic carboxylic acids is 1. The molecular weight excluding hydrogens is 212 g/mol. The fraction of sp³-hybridized carbons (Fsp3) is 0.700. The van der Waals surface area contributed by atoms with Gasteiger partial charge in [0.05, 0.1) is 11.8 Å². The van der Waals surface area contributed by atoms with Crippen LogP contribution in [-0.2, 0) is 14.4 Å². The van der Waals surface area contributed by atoms with Crippen LogP contribution in [0.15, 0.2) is 0 Å². The number of carbonyl (C=O) groups is 3.